The summed E-state index contributed by atoms with van der Waals surface area (Å²) in [7, 11) is 1.59. The molecule has 2 aromatic rings. The van der Waals surface area contributed by atoms with E-state index >= 15 is 0 Å². The number of nitro groups is 1. The highest BCUT2D eigenvalue weighted by Gasteiger charge is 2.08. The van der Waals surface area contributed by atoms with E-state index in [0.29, 0.717) is 0 Å². The molecule has 0 unspecified atom stereocenters. The van der Waals surface area contributed by atoms with Gasteiger partial charge in [0, 0.05) is 29.5 Å². The van der Waals surface area contributed by atoms with E-state index in [1.165, 1.54) is 30.5 Å². The Bertz CT molecular complexity index is 783. The number of ether oxygens (including phenoxy) is 1. The molecule has 24 heavy (non-hydrogen) atoms. The number of allylic oxidation sites excluding steroid dienone is 1. The molecule has 122 valence electrons. The second-order valence-corrected chi connectivity index (χ2v) is 4.62. The Hall–Kier alpha value is -3.48. The van der Waals surface area contributed by atoms with E-state index < -0.39 is 10.8 Å². The van der Waals surface area contributed by atoms with Crippen molar-refractivity contribution in [1.29, 1.82) is 0 Å². The molecule has 0 heterocycles. The van der Waals surface area contributed by atoms with Gasteiger partial charge in [0.15, 0.2) is 0 Å². The highest BCUT2D eigenvalue weighted by Crippen LogP contribution is 2.18. The number of hydrogen-bond acceptors (Lipinski definition) is 5. The second-order valence-electron chi connectivity index (χ2n) is 4.62. The van der Waals surface area contributed by atoms with Gasteiger partial charge in [-0.3, -0.25) is 14.9 Å². The summed E-state index contributed by atoms with van der Waals surface area (Å²) in [5, 5.41) is 14.3. The van der Waals surface area contributed by atoms with Crippen molar-refractivity contribution < 1.29 is 14.5 Å². The standard InChI is InChI=1S/C17H15N3O4/c1-24-16-7-3-2-5-13(16)6-4-12-18-19-17(21)14-8-10-15(11-9-14)20(22)23/h2-12H,1H3,(H,19,21)/b6-4+,18-12+. The predicted octanol–water partition coefficient (Wildman–Crippen LogP) is 3.03. The zero-order chi connectivity index (χ0) is 17.4. The summed E-state index contributed by atoms with van der Waals surface area (Å²) in [5.74, 6) is 0.281. The fourth-order valence-electron chi connectivity index (χ4n) is 1.89. The SMILES string of the molecule is COc1ccccc1/C=C/C=N/NC(=O)c1ccc([N+](=O)[O-])cc1. The average Bonchev–Trinajstić information content (AvgIpc) is 2.61. The first-order valence-electron chi connectivity index (χ1n) is 6.99. The van der Waals surface area contributed by atoms with Crippen molar-refractivity contribution in [3.8, 4) is 5.75 Å². The van der Waals surface area contributed by atoms with Gasteiger partial charge in [-0.2, -0.15) is 5.10 Å². The molecule has 0 saturated carbocycles. The van der Waals surface area contributed by atoms with Crippen molar-refractivity contribution in [2.45, 2.75) is 0 Å². The summed E-state index contributed by atoms with van der Waals surface area (Å²) >= 11 is 0. The van der Waals surface area contributed by atoms with Gasteiger partial charge in [-0.05, 0) is 30.4 Å². The molecule has 2 rings (SSSR count). The van der Waals surface area contributed by atoms with Crippen molar-refractivity contribution in [2.24, 2.45) is 5.10 Å². The molecule has 0 radical (unpaired) electrons. The summed E-state index contributed by atoms with van der Waals surface area (Å²) in [4.78, 5) is 21.8. The lowest BCUT2D eigenvalue weighted by Crippen LogP contribution is -2.17. The fraction of sp³-hybridized carbons (Fsp3) is 0.0588. The van der Waals surface area contributed by atoms with Crippen molar-refractivity contribution in [2.75, 3.05) is 7.11 Å². The molecule has 0 aliphatic carbocycles. The Morgan fingerprint density at radius 1 is 1.21 bits per heavy atom. The van der Waals surface area contributed by atoms with Crippen LogP contribution < -0.4 is 10.2 Å². The number of hydrogen-bond donors (Lipinski definition) is 1. The molecule has 0 bridgehead atoms. The highest BCUT2D eigenvalue weighted by molar-refractivity contribution is 5.94. The first-order chi connectivity index (χ1) is 11.6. The molecule has 1 N–H and O–H groups in total. The van der Waals surface area contributed by atoms with Crippen LogP contribution in [0.15, 0.2) is 59.7 Å². The first-order valence-corrected chi connectivity index (χ1v) is 6.99. The average molecular weight is 325 g/mol. The minimum Gasteiger partial charge on any atom is -0.496 e. The smallest absolute Gasteiger partial charge is 0.271 e. The zero-order valence-corrected chi connectivity index (χ0v) is 12.9. The number of amides is 1. The lowest BCUT2D eigenvalue weighted by Gasteiger charge is -2.02. The van der Waals surface area contributed by atoms with E-state index in [4.69, 9.17) is 4.74 Å². The van der Waals surface area contributed by atoms with Gasteiger partial charge in [0.2, 0.25) is 0 Å². The monoisotopic (exact) mass is 325 g/mol. The number of non-ortho nitro benzene ring substituents is 1. The van der Waals surface area contributed by atoms with Crippen molar-refractivity contribution in [1.82, 2.24) is 5.43 Å². The third-order valence-electron chi connectivity index (χ3n) is 3.08. The molecule has 0 spiro atoms. The van der Waals surface area contributed by atoms with Gasteiger partial charge in [-0.1, -0.05) is 18.2 Å². The van der Waals surface area contributed by atoms with Gasteiger partial charge < -0.3 is 4.74 Å². The number of carbonyl (C=O) groups excluding carboxylic acids is 1. The molecular formula is C17H15N3O4. The molecule has 0 aromatic heterocycles. The fourth-order valence-corrected chi connectivity index (χ4v) is 1.89. The summed E-state index contributed by atoms with van der Waals surface area (Å²) in [6, 6.07) is 12.7. The van der Waals surface area contributed by atoms with Crippen LogP contribution in [0, 0.1) is 10.1 Å². The third-order valence-corrected chi connectivity index (χ3v) is 3.08. The maximum Gasteiger partial charge on any atom is 0.271 e. The highest BCUT2D eigenvalue weighted by atomic mass is 16.6. The molecule has 7 nitrogen and oxygen atoms in total. The Labute approximate surface area is 138 Å². The van der Waals surface area contributed by atoms with Gasteiger partial charge in [0.05, 0.1) is 12.0 Å². The topological polar surface area (TPSA) is 93.8 Å². The number of rotatable bonds is 6. The maximum atomic E-state index is 11.8. The number of benzene rings is 2. The van der Waals surface area contributed by atoms with E-state index in [0.717, 1.165) is 11.3 Å². The van der Waals surface area contributed by atoms with Crippen LogP contribution in [-0.2, 0) is 0 Å². The molecule has 1 amide bonds. The summed E-state index contributed by atoms with van der Waals surface area (Å²) in [5.41, 5.74) is 3.43. The van der Waals surface area contributed by atoms with Crippen LogP contribution >= 0.6 is 0 Å². The van der Waals surface area contributed by atoms with Crippen LogP contribution in [0.2, 0.25) is 0 Å². The number of hydrazone groups is 1. The number of nitrogens with zero attached hydrogens (tertiary/aromatic N) is 2. The van der Waals surface area contributed by atoms with Gasteiger partial charge in [-0.25, -0.2) is 5.43 Å². The molecular weight excluding hydrogens is 310 g/mol. The van der Waals surface area contributed by atoms with E-state index in [1.54, 1.807) is 19.3 Å². The Morgan fingerprint density at radius 3 is 2.58 bits per heavy atom. The van der Waals surface area contributed by atoms with E-state index in [9.17, 15) is 14.9 Å². The van der Waals surface area contributed by atoms with Crippen LogP contribution in [0.3, 0.4) is 0 Å². The molecule has 2 aromatic carbocycles. The zero-order valence-electron chi connectivity index (χ0n) is 12.9. The third kappa shape index (κ3) is 4.51. The van der Waals surface area contributed by atoms with E-state index in [2.05, 4.69) is 10.5 Å². The Kier molecular flexibility index (Phi) is 5.79. The van der Waals surface area contributed by atoms with Crippen LogP contribution in [-0.4, -0.2) is 24.2 Å². The Morgan fingerprint density at radius 2 is 1.92 bits per heavy atom. The van der Waals surface area contributed by atoms with Gasteiger partial charge in [-0.15, -0.1) is 0 Å². The molecule has 0 aliphatic rings. The molecule has 7 heteroatoms. The number of nitrogens with one attached hydrogen (secondary N) is 1. The number of methoxy groups -OCH3 is 1. The minimum absolute atomic E-state index is 0.0743. The van der Waals surface area contributed by atoms with Crippen LogP contribution in [0.1, 0.15) is 15.9 Å². The van der Waals surface area contributed by atoms with Crippen LogP contribution in [0.25, 0.3) is 6.08 Å². The number of carbonyl (C=O) groups is 1. The summed E-state index contributed by atoms with van der Waals surface area (Å²) < 4.78 is 5.21. The summed E-state index contributed by atoms with van der Waals surface area (Å²) in [6.07, 6.45) is 4.88. The lowest BCUT2D eigenvalue weighted by atomic mass is 10.2. The lowest BCUT2D eigenvalue weighted by molar-refractivity contribution is -0.384. The van der Waals surface area contributed by atoms with Crippen molar-refractivity contribution in [3.63, 3.8) is 0 Å². The molecule has 0 aliphatic heterocycles. The molecule has 0 fully saturated rings. The van der Waals surface area contributed by atoms with Crippen LogP contribution in [0.4, 0.5) is 5.69 Å². The van der Waals surface area contributed by atoms with Crippen molar-refractivity contribution >= 4 is 23.9 Å². The molecule has 0 atom stereocenters. The molecule has 0 saturated heterocycles. The normalized spacial score (nSPS) is 10.9. The minimum atomic E-state index is -0.525. The van der Waals surface area contributed by atoms with Crippen LogP contribution in [0.5, 0.6) is 5.75 Å². The predicted molar refractivity (Wildman–Crippen MR) is 91.1 cm³/mol. The summed E-state index contributed by atoms with van der Waals surface area (Å²) in [6.45, 7) is 0. The largest absolute Gasteiger partial charge is 0.496 e. The van der Waals surface area contributed by atoms with Gasteiger partial charge >= 0.3 is 0 Å². The number of para-hydroxylation sites is 1. The van der Waals surface area contributed by atoms with E-state index in [-0.39, 0.29) is 11.3 Å². The Balaban J connectivity index is 1.92. The number of nitro benzene ring substituents is 1. The van der Waals surface area contributed by atoms with E-state index in [1.807, 2.05) is 24.3 Å². The van der Waals surface area contributed by atoms with Crippen molar-refractivity contribution in [3.05, 3.63) is 75.8 Å². The van der Waals surface area contributed by atoms with Gasteiger partial charge in [0.1, 0.15) is 5.75 Å². The first kappa shape index (κ1) is 16.9. The van der Waals surface area contributed by atoms with Gasteiger partial charge in [0.25, 0.3) is 11.6 Å². The second kappa shape index (κ2) is 8.23. The maximum absolute atomic E-state index is 11.8. The quantitative estimate of drug-likeness (QED) is 0.502.